The third-order valence-corrected chi connectivity index (χ3v) is 4.02. The van der Waals surface area contributed by atoms with Crippen molar-refractivity contribution in [3.8, 4) is 0 Å². The van der Waals surface area contributed by atoms with Gasteiger partial charge in [-0.05, 0) is 34.9 Å². The molecule has 1 aliphatic heterocycles. The van der Waals surface area contributed by atoms with Crippen LogP contribution in [-0.2, 0) is 10.2 Å². The molecule has 2 atom stereocenters. The molecule has 3 N–H and O–H groups in total. The highest BCUT2D eigenvalue weighted by Gasteiger charge is 2.32. The highest BCUT2D eigenvalue weighted by molar-refractivity contribution is 5.90. The standard InChI is InChI=1S/C16H21NO4/c1-16(2,3)10-4-5-11(12(7-10)14(18)19)9-6-13(15(20)21)17-8-9/h4-5,7,9,13,17H,6,8H2,1-3H3,(H,18,19)(H,20,21)/t9-,13-/m0/s1. The molecule has 5 nitrogen and oxygen atoms in total. The molecule has 21 heavy (non-hydrogen) atoms. The fourth-order valence-electron chi connectivity index (χ4n) is 2.72. The number of aliphatic carboxylic acids is 1. The Balaban J connectivity index is 2.36. The molecule has 1 saturated heterocycles. The van der Waals surface area contributed by atoms with Gasteiger partial charge in [-0.25, -0.2) is 4.79 Å². The summed E-state index contributed by atoms with van der Waals surface area (Å²) in [4.78, 5) is 22.5. The van der Waals surface area contributed by atoms with E-state index in [0.717, 1.165) is 5.56 Å². The third-order valence-electron chi connectivity index (χ3n) is 4.02. The summed E-state index contributed by atoms with van der Waals surface area (Å²) in [5.41, 5.74) is 1.83. The van der Waals surface area contributed by atoms with E-state index < -0.39 is 18.0 Å². The SMILES string of the molecule is CC(C)(C)c1ccc([C@@H]2CN[C@H](C(=O)O)C2)c(C(=O)O)c1. The van der Waals surface area contributed by atoms with Crippen molar-refractivity contribution in [1.29, 1.82) is 0 Å². The van der Waals surface area contributed by atoms with Crippen LogP contribution in [0.15, 0.2) is 18.2 Å². The molecule has 114 valence electrons. The van der Waals surface area contributed by atoms with E-state index in [1.165, 1.54) is 0 Å². The van der Waals surface area contributed by atoms with Crippen molar-refractivity contribution in [2.45, 2.75) is 44.6 Å². The van der Waals surface area contributed by atoms with Crippen LogP contribution >= 0.6 is 0 Å². The lowest BCUT2D eigenvalue weighted by Gasteiger charge is -2.22. The van der Waals surface area contributed by atoms with E-state index in [0.29, 0.717) is 18.5 Å². The lowest BCUT2D eigenvalue weighted by Crippen LogP contribution is -2.29. The van der Waals surface area contributed by atoms with Crippen LogP contribution in [0.1, 0.15) is 54.6 Å². The zero-order chi connectivity index (χ0) is 15.8. The molecular weight excluding hydrogens is 270 g/mol. The zero-order valence-electron chi connectivity index (χ0n) is 12.5. The maximum atomic E-state index is 11.5. The zero-order valence-corrected chi connectivity index (χ0v) is 12.5. The molecule has 1 aliphatic rings. The van der Waals surface area contributed by atoms with Gasteiger partial charge in [0.1, 0.15) is 6.04 Å². The quantitative estimate of drug-likeness (QED) is 0.795. The molecule has 1 fully saturated rings. The summed E-state index contributed by atoms with van der Waals surface area (Å²) in [5.74, 6) is -1.93. The number of benzene rings is 1. The summed E-state index contributed by atoms with van der Waals surface area (Å²) in [6.07, 6.45) is 0.421. The first-order valence-corrected chi connectivity index (χ1v) is 7.04. The van der Waals surface area contributed by atoms with Gasteiger partial charge in [-0.15, -0.1) is 0 Å². The normalized spacial score (nSPS) is 22.2. The fraction of sp³-hybridized carbons (Fsp3) is 0.500. The minimum atomic E-state index is -0.963. The van der Waals surface area contributed by atoms with Crippen LogP contribution in [0.3, 0.4) is 0 Å². The van der Waals surface area contributed by atoms with Gasteiger partial charge in [0.2, 0.25) is 0 Å². The monoisotopic (exact) mass is 291 g/mol. The van der Waals surface area contributed by atoms with Crippen molar-refractivity contribution >= 4 is 11.9 Å². The Hall–Kier alpha value is -1.88. The van der Waals surface area contributed by atoms with Gasteiger partial charge in [-0.3, -0.25) is 4.79 Å². The van der Waals surface area contributed by atoms with Gasteiger partial charge in [0.05, 0.1) is 5.56 Å². The van der Waals surface area contributed by atoms with Crippen LogP contribution < -0.4 is 5.32 Å². The van der Waals surface area contributed by atoms with Crippen LogP contribution in [0.4, 0.5) is 0 Å². The first-order valence-electron chi connectivity index (χ1n) is 7.04. The number of carboxylic acid groups (broad SMARTS) is 2. The number of aromatic carboxylic acids is 1. The maximum Gasteiger partial charge on any atom is 0.335 e. The van der Waals surface area contributed by atoms with Crippen molar-refractivity contribution in [2.24, 2.45) is 0 Å². The smallest absolute Gasteiger partial charge is 0.335 e. The minimum absolute atomic E-state index is 0.0776. The number of carboxylic acids is 2. The molecule has 0 spiro atoms. The Kier molecular flexibility index (Phi) is 4.05. The predicted molar refractivity (Wildman–Crippen MR) is 78.9 cm³/mol. The number of hydrogen-bond donors (Lipinski definition) is 3. The lowest BCUT2D eigenvalue weighted by atomic mass is 9.83. The van der Waals surface area contributed by atoms with Gasteiger partial charge in [0.15, 0.2) is 0 Å². The van der Waals surface area contributed by atoms with Gasteiger partial charge >= 0.3 is 11.9 Å². The second kappa shape index (κ2) is 5.48. The molecule has 0 radical (unpaired) electrons. The summed E-state index contributed by atoms with van der Waals surface area (Å²) < 4.78 is 0. The van der Waals surface area contributed by atoms with Crippen LogP contribution in [0, 0.1) is 0 Å². The van der Waals surface area contributed by atoms with Gasteiger partial charge in [0, 0.05) is 6.54 Å². The van der Waals surface area contributed by atoms with Crippen molar-refractivity contribution in [1.82, 2.24) is 5.32 Å². The van der Waals surface area contributed by atoms with Crippen molar-refractivity contribution < 1.29 is 19.8 Å². The van der Waals surface area contributed by atoms with Crippen molar-refractivity contribution in [3.05, 3.63) is 34.9 Å². The summed E-state index contributed by atoms with van der Waals surface area (Å²) in [6, 6.07) is 4.89. The average Bonchev–Trinajstić information content (AvgIpc) is 2.86. The van der Waals surface area contributed by atoms with Gasteiger partial charge in [-0.2, -0.15) is 0 Å². The maximum absolute atomic E-state index is 11.5. The Morgan fingerprint density at radius 1 is 1.24 bits per heavy atom. The van der Waals surface area contributed by atoms with Crippen molar-refractivity contribution in [2.75, 3.05) is 6.54 Å². The molecule has 1 aromatic rings. The number of nitrogens with one attached hydrogen (secondary N) is 1. The Morgan fingerprint density at radius 2 is 1.90 bits per heavy atom. The molecule has 0 aromatic heterocycles. The molecule has 0 amide bonds. The Bertz CT molecular complexity index is 574. The number of carbonyl (C=O) groups is 2. The van der Waals surface area contributed by atoms with Crippen molar-refractivity contribution in [3.63, 3.8) is 0 Å². The van der Waals surface area contributed by atoms with E-state index in [9.17, 15) is 14.7 Å². The molecule has 0 aliphatic carbocycles. The van der Waals surface area contributed by atoms with E-state index in [-0.39, 0.29) is 16.9 Å². The predicted octanol–water partition coefficient (Wildman–Crippen LogP) is 2.21. The third kappa shape index (κ3) is 3.24. The van der Waals surface area contributed by atoms with E-state index in [1.54, 1.807) is 6.07 Å². The number of hydrogen-bond acceptors (Lipinski definition) is 3. The highest BCUT2D eigenvalue weighted by atomic mass is 16.4. The van der Waals surface area contributed by atoms with E-state index in [1.807, 2.05) is 32.9 Å². The molecule has 0 unspecified atom stereocenters. The topological polar surface area (TPSA) is 86.6 Å². The second-order valence-electron chi connectivity index (χ2n) is 6.59. The van der Waals surface area contributed by atoms with Gasteiger partial charge in [0.25, 0.3) is 0 Å². The van der Waals surface area contributed by atoms with Crippen LogP contribution in [-0.4, -0.2) is 34.7 Å². The van der Waals surface area contributed by atoms with Crippen LogP contribution in [0.2, 0.25) is 0 Å². The molecule has 0 saturated carbocycles. The van der Waals surface area contributed by atoms with E-state index in [2.05, 4.69) is 5.32 Å². The largest absolute Gasteiger partial charge is 0.480 e. The summed E-state index contributed by atoms with van der Waals surface area (Å²) in [7, 11) is 0. The Morgan fingerprint density at radius 3 is 2.38 bits per heavy atom. The summed E-state index contributed by atoms with van der Waals surface area (Å²) >= 11 is 0. The molecule has 5 heteroatoms. The highest BCUT2D eigenvalue weighted by Crippen LogP contribution is 2.32. The minimum Gasteiger partial charge on any atom is -0.480 e. The van der Waals surface area contributed by atoms with Crippen LogP contribution in [0.25, 0.3) is 0 Å². The first-order chi connectivity index (χ1) is 9.70. The Labute approximate surface area is 124 Å². The fourth-order valence-corrected chi connectivity index (χ4v) is 2.72. The van der Waals surface area contributed by atoms with Gasteiger partial charge in [-0.1, -0.05) is 32.9 Å². The summed E-state index contributed by atoms with van der Waals surface area (Å²) in [5, 5.41) is 21.4. The van der Waals surface area contributed by atoms with E-state index >= 15 is 0 Å². The summed E-state index contributed by atoms with van der Waals surface area (Å²) in [6.45, 7) is 6.59. The lowest BCUT2D eigenvalue weighted by molar-refractivity contribution is -0.139. The molecule has 2 rings (SSSR count). The average molecular weight is 291 g/mol. The molecular formula is C16H21NO4. The van der Waals surface area contributed by atoms with E-state index in [4.69, 9.17) is 5.11 Å². The van der Waals surface area contributed by atoms with Crippen LogP contribution in [0.5, 0.6) is 0 Å². The first kappa shape index (κ1) is 15.5. The molecule has 1 heterocycles. The second-order valence-corrected chi connectivity index (χ2v) is 6.59. The van der Waals surface area contributed by atoms with Gasteiger partial charge < -0.3 is 15.5 Å². The molecule has 0 bridgehead atoms. The number of rotatable bonds is 3. The molecule has 1 aromatic carbocycles.